The molecule has 0 spiro atoms. The maximum Gasteiger partial charge on any atom is 0.339 e. The van der Waals surface area contributed by atoms with Crippen LogP contribution < -0.4 is 9.47 Å². The van der Waals surface area contributed by atoms with E-state index >= 15 is 0 Å². The van der Waals surface area contributed by atoms with Gasteiger partial charge in [0.15, 0.2) is 0 Å². The molecule has 0 atom stereocenters. The van der Waals surface area contributed by atoms with Gasteiger partial charge in [0.1, 0.15) is 11.5 Å². The van der Waals surface area contributed by atoms with Crippen molar-refractivity contribution in [2.45, 2.75) is 20.3 Å². The van der Waals surface area contributed by atoms with E-state index in [1.54, 1.807) is 24.3 Å². The number of ether oxygens (including phenoxy) is 2. The fraction of sp³-hybridized carbons (Fsp3) is 0.158. The molecule has 0 aromatic heterocycles. The van der Waals surface area contributed by atoms with Crippen LogP contribution in [0.15, 0.2) is 60.7 Å². The lowest BCUT2D eigenvalue weighted by molar-refractivity contribution is -0.136. The van der Waals surface area contributed by atoms with Gasteiger partial charge in [0.25, 0.3) is 0 Å². The second kappa shape index (κ2) is 7.40. The molecule has 2 aromatic carbocycles. The summed E-state index contributed by atoms with van der Waals surface area (Å²) in [5.74, 6) is -0.358. The van der Waals surface area contributed by atoms with Crippen LogP contribution in [0.4, 0.5) is 0 Å². The first-order chi connectivity index (χ1) is 10.9. The van der Waals surface area contributed by atoms with Crippen molar-refractivity contribution in [3.8, 4) is 11.5 Å². The van der Waals surface area contributed by atoms with E-state index in [0.29, 0.717) is 11.5 Å². The van der Waals surface area contributed by atoms with Crippen molar-refractivity contribution in [3.63, 3.8) is 0 Å². The van der Waals surface area contributed by atoms with Crippen molar-refractivity contribution in [2.75, 3.05) is 0 Å². The van der Waals surface area contributed by atoms with E-state index in [2.05, 4.69) is 6.58 Å². The molecule has 118 valence electrons. The molecule has 0 saturated heterocycles. The highest BCUT2D eigenvalue weighted by molar-refractivity contribution is 5.94. The van der Waals surface area contributed by atoms with Gasteiger partial charge in [-0.3, -0.25) is 4.79 Å². The minimum absolute atomic E-state index is 0.0442. The first kappa shape index (κ1) is 16.5. The van der Waals surface area contributed by atoms with E-state index in [4.69, 9.17) is 9.47 Å². The van der Waals surface area contributed by atoms with Gasteiger partial charge in [-0.05, 0) is 38.1 Å². The summed E-state index contributed by atoms with van der Waals surface area (Å²) in [5, 5.41) is 0. The Kier molecular flexibility index (Phi) is 5.31. The Bertz CT molecular complexity index is 712. The number of hydrogen-bond acceptors (Lipinski definition) is 4. The van der Waals surface area contributed by atoms with Crippen molar-refractivity contribution >= 4 is 11.9 Å². The van der Waals surface area contributed by atoms with Crippen molar-refractivity contribution in [3.05, 3.63) is 71.8 Å². The van der Waals surface area contributed by atoms with E-state index < -0.39 is 11.9 Å². The third kappa shape index (κ3) is 5.11. The molecule has 0 saturated carbocycles. The van der Waals surface area contributed by atoms with Gasteiger partial charge in [0.05, 0.1) is 6.42 Å². The molecule has 0 N–H and O–H groups in total. The van der Waals surface area contributed by atoms with E-state index in [0.717, 1.165) is 11.1 Å². The van der Waals surface area contributed by atoms with Crippen LogP contribution in [-0.4, -0.2) is 11.9 Å². The number of aryl methyl sites for hydroxylation is 2. The largest absolute Gasteiger partial charge is 0.426 e. The van der Waals surface area contributed by atoms with Gasteiger partial charge in [-0.2, -0.15) is 0 Å². The van der Waals surface area contributed by atoms with Gasteiger partial charge in [0, 0.05) is 5.57 Å². The molecular formula is C19H18O4. The molecule has 0 bridgehead atoms. The quantitative estimate of drug-likeness (QED) is 0.479. The summed E-state index contributed by atoms with van der Waals surface area (Å²) in [6.45, 7) is 7.46. The number of carbonyl (C=O) groups is 2. The summed E-state index contributed by atoms with van der Waals surface area (Å²) in [4.78, 5) is 23.7. The van der Waals surface area contributed by atoms with Crippen molar-refractivity contribution in [1.29, 1.82) is 0 Å². The first-order valence-corrected chi connectivity index (χ1v) is 7.18. The summed E-state index contributed by atoms with van der Waals surface area (Å²) < 4.78 is 10.3. The maximum atomic E-state index is 11.9. The molecule has 0 aliphatic carbocycles. The van der Waals surface area contributed by atoms with Gasteiger partial charge < -0.3 is 9.47 Å². The van der Waals surface area contributed by atoms with Gasteiger partial charge in [-0.1, -0.05) is 42.0 Å². The maximum absolute atomic E-state index is 11.9. The van der Waals surface area contributed by atoms with Crippen LogP contribution >= 0.6 is 0 Å². The Labute approximate surface area is 135 Å². The number of esters is 2. The van der Waals surface area contributed by atoms with Crippen molar-refractivity contribution in [1.82, 2.24) is 0 Å². The third-order valence-corrected chi connectivity index (χ3v) is 3.13. The average Bonchev–Trinajstić information content (AvgIpc) is 2.51. The van der Waals surface area contributed by atoms with Crippen LogP contribution in [0.1, 0.15) is 17.5 Å². The van der Waals surface area contributed by atoms with Crippen LogP contribution in [-0.2, 0) is 9.59 Å². The zero-order valence-corrected chi connectivity index (χ0v) is 13.2. The minimum Gasteiger partial charge on any atom is -0.426 e. The Hall–Kier alpha value is -2.88. The molecule has 0 aliphatic rings. The number of carbonyl (C=O) groups excluding carboxylic acids is 2. The van der Waals surface area contributed by atoms with Crippen molar-refractivity contribution in [2.24, 2.45) is 0 Å². The van der Waals surface area contributed by atoms with Gasteiger partial charge in [-0.15, -0.1) is 0 Å². The number of rotatable bonds is 5. The molecule has 0 aliphatic heterocycles. The molecule has 4 heteroatoms. The van der Waals surface area contributed by atoms with Crippen LogP contribution in [0.2, 0.25) is 0 Å². The van der Waals surface area contributed by atoms with Crippen LogP contribution in [0.25, 0.3) is 0 Å². The Balaban J connectivity index is 1.87. The molecule has 23 heavy (non-hydrogen) atoms. The molecule has 0 amide bonds. The molecule has 2 aromatic rings. The van der Waals surface area contributed by atoms with Gasteiger partial charge >= 0.3 is 11.9 Å². The highest BCUT2D eigenvalue weighted by Crippen LogP contribution is 2.16. The topological polar surface area (TPSA) is 52.6 Å². The molecule has 0 fully saturated rings. The summed E-state index contributed by atoms with van der Waals surface area (Å²) in [7, 11) is 0. The molecule has 4 nitrogen and oxygen atoms in total. The van der Waals surface area contributed by atoms with E-state index in [-0.39, 0.29) is 12.0 Å². The standard InChI is InChI=1S/C19H18O4/c1-13-4-8-16(9-5-13)22-18(20)12-15(3)19(21)23-17-10-6-14(2)7-11-17/h4-11H,3,12H2,1-2H3. The summed E-state index contributed by atoms with van der Waals surface area (Å²) in [6.07, 6.45) is -0.224. The zero-order valence-electron chi connectivity index (χ0n) is 13.2. The summed E-state index contributed by atoms with van der Waals surface area (Å²) in [6, 6.07) is 14.1. The van der Waals surface area contributed by atoms with Crippen LogP contribution in [0.3, 0.4) is 0 Å². The second-order valence-corrected chi connectivity index (χ2v) is 5.27. The number of hydrogen-bond donors (Lipinski definition) is 0. The van der Waals surface area contributed by atoms with Gasteiger partial charge in [0.2, 0.25) is 0 Å². The van der Waals surface area contributed by atoms with Gasteiger partial charge in [-0.25, -0.2) is 4.79 Å². The Morgan fingerprint density at radius 1 is 0.826 bits per heavy atom. The minimum atomic E-state index is -0.644. The highest BCUT2D eigenvalue weighted by atomic mass is 16.5. The second-order valence-electron chi connectivity index (χ2n) is 5.27. The molecule has 0 heterocycles. The first-order valence-electron chi connectivity index (χ1n) is 7.18. The van der Waals surface area contributed by atoms with E-state index in [1.807, 2.05) is 38.1 Å². The number of benzene rings is 2. The Morgan fingerprint density at radius 3 is 1.74 bits per heavy atom. The molecule has 0 radical (unpaired) electrons. The average molecular weight is 310 g/mol. The highest BCUT2D eigenvalue weighted by Gasteiger charge is 2.15. The normalized spacial score (nSPS) is 10.0. The lowest BCUT2D eigenvalue weighted by Crippen LogP contribution is -2.16. The predicted octanol–water partition coefficient (Wildman–Crippen LogP) is 3.76. The fourth-order valence-electron chi connectivity index (χ4n) is 1.81. The van der Waals surface area contributed by atoms with Crippen LogP contribution in [0, 0.1) is 13.8 Å². The van der Waals surface area contributed by atoms with Crippen molar-refractivity contribution < 1.29 is 19.1 Å². The predicted molar refractivity (Wildman–Crippen MR) is 87.4 cm³/mol. The lowest BCUT2D eigenvalue weighted by Gasteiger charge is -2.07. The van der Waals surface area contributed by atoms with E-state index in [9.17, 15) is 9.59 Å². The summed E-state index contributed by atoms with van der Waals surface area (Å²) in [5.41, 5.74) is 2.17. The molecular weight excluding hydrogens is 292 g/mol. The summed E-state index contributed by atoms with van der Waals surface area (Å²) >= 11 is 0. The monoisotopic (exact) mass is 310 g/mol. The fourth-order valence-corrected chi connectivity index (χ4v) is 1.81. The van der Waals surface area contributed by atoms with Crippen LogP contribution in [0.5, 0.6) is 11.5 Å². The molecule has 0 unspecified atom stereocenters. The third-order valence-electron chi connectivity index (χ3n) is 3.13. The lowest BCUT2D eigenvalue weighted by atomic mass is 10.2. The smallest absolute Gasteiger partial charge is 0.339 e. The molecule has 2 rings (SSSR count). The Morgan fingerprint density at radius 2 is 1.26 bits per heavy atom. The zero-order chi connectivity index (χ0) is 16.8. The van der Waals surface area contributed by atoms with E-state index in [1.165, 1.54) is 0 Å². The SMILES string of the molecule is C=C(CC(=O)Oc1ccc(C)cc1)C(=O)Oc1ccc(C)cc1.